The number of thioether (sulfide) groups is 1. The second-order valence-corrected chi connectivity index (χ2v) is 5.01. The first-order chi connectivity index (χ1) is 7.36. The van der Waals surface area contributed by atoms with Crippen LogP contribution in [0.3, 0.4) is 0 Å². The van der Waals surface area contributed by atoms with Gasteiger partial charge in [-0.3, -0.25) is 4.40 Å². The minimum Gasteiger partial charge on any atom is -0.385 e. The largest absolute Gasteiger partial charge is 0.385 e. The third-order valence-corrected chi connectivity index (χ3v) is 4.07. The van der Waals surface area contributed by atoms with Crippen LogP contribution in [0, 0.1) is 0 Å². The van der Waals surface area contributed by atoms with Gasteiger partial charge in [0.1, 0.15) is 5.82 Å². The SMILES string of the molecule is Nc1cccc2nnc(C3CCCS3)n12. The van der Waals surface area contributed by atoms with Crippen LogP contribution in [0.15, 0.2) is 18.2 Å². The molecule has 1 fully saturated rings. The Balaban J connectivity index is 2.18. The fourth-order valence-corrected chi connectivity index (χ4v) is 3.23. The molecule has 0 aliphatic carbocycles. The minimum atomic E-state index is 0.463. The third kappa shape index (κ3) is 1.38. The Kier molecular flexibility index (Phi) is 2.05. The second kappa shape index (κ2) is 3.41. The Morgan fingerprint density at radius 2 is 2.33 bits per heavy atom. The molecular weight excluding hydrogens is 208 g/mol. The fraction of sp³-hybridized carbons (Fsp3) is 0.400. The van der Waals surface area contributed by atoms with Gasteiger partial charge in [-0.25, -0.2) is 0 Å². The van der Waals surface area contributed by atoms with Crippen molar-refractivity contribution in [2.75, 3.05) is 11.5 Å². The van der Waals surface area contributed by atoms with Gasteiger partial charge in [0.25, 0.3) is 0 Å². The van der Waals surface area contributed by atoms with Crippen molar-refractivity contribution in [2.24, 2.45) is 0 Å². The third-order valence-electron chi connectivity index (χ3n) is 2.70. The number of anilines is 1. The van der Waals surface area contributed by atoms with E-state index in [1.807, 2.05) is 34.4 Å². The highest BCUT2D eigenvalue weighted by Gasteiger charge is 2.23. The summed E-state index contributed by atoms with van der Waals surface area (Å²) in [4.78, 5) is 0. The fourth-order valence-electron chi connectivity index (χ4n) is 1.98. The first kappa shape index (κ1) is 9.03. The molecule has 2 aromatic rings. The van der Waals surface area contributed by atoms with Crippen LogP contribution < -0.4 is 5.73 Å². The molecule has 15 heavy (non-hydrogen) atoms. The molecule has 2 N–H and O–H groups in total. The number of nitrogens with zero attached hydrogens (tertiary/aromatic N) is 3. The van der Waals surface area contributed by atoms with Crippen LogP contribution in [0.25, 0.3) is 5.65 Å². The lowest BCUT2D eigenvalue weighted by Crippen LogP contribution is -2.02. The molecule has 1 saturated heterocycles. The average molecular weight is 220 g/mol. The summed E-state index contributed by atoms with van der Waals surface area (Å²) in [6.45, 7) is 0. The summed E-state index contributed by atoms with van der Waals surface area (Å²) in [5.74, 6) is 2.94. The van der Waals surface area contributed by atoms with E-state index in [1.54, 1.807) is 0 Å². The van der Waals surface area contributed by atoms with E-state index in [0.29, 0.717) is 5.25 Å². The quantitative estimate of drug-likeness (QED) is 0.797. The maximum absolute atomic E-state index is 5.94. The molecule has 0 amide bonds. The maximum Gasteiger partial charge on any atom is 0.162 e. The molecule has 1 aliphatic rings. The van der Waals surface area contributed by atoms with Crippen molar-refractivity contribution >= 4 is 23.2 Å². The summed E-state index contributed by atoms with van der Waals surface area (Å²) < 4.78 is 1.96. The second-order valence-electron chi connectivity index (χ2n) is 3.70. The number of rotatable bonds is 1. The van der Waals surface area contributed by atoms with E-state index < -0.39 is 0 Å². The van der Waals surface area contributed by atoms with Gasteiger partial charge in [-0.15, -0.1) is 10.2 Å². The average Bonchev–Trinajstić information content (AvgIpc) is 2.85. The molecule has 0 saturated carbocycles. The van der Waals surface area contributed by atoms with E-state index in [9.17, 15) is 0 Å². The number of hydrogen-bond acceptors (Lipinski definition) is 4. The standard InChI is InChI=1S/C10H12N4S/c11-8-4-1-5-9-12-13-10(14(8)9)7-3-2-6-15-7/h1,4-5,7H,2-3,6,11H2. The van der Waals surface area contributed by atoms with Crippen molar-refractivity contribution in [1.29, 1.82) is 0 Å². The first-order valence-corrected chi connectivity index (χ1v) is 6.12. The number of pyridine rings is 1. The number of nitrogen functional groups attached to an aromatic ring is 1. The Hall–Kier alpha value is -1.23. The molecule has 2 aromatic heterocycles. The Labute approximate surface area is 91.9 Å². The summed E-state index contributed by atoms with van der Waals surface area (Å²) in [5.41, 5.74) is 6.79. The van der Waals surface area contributed by atoms with Crippen LogP contribution in [0.2, 0.25) is 0 Å². The van der Waals surface area contributed by atoms with Gasteiger partial charge in [-0.2, -0.15) is 11.8 Å². The van der Waals surface area contributed by atoms with Crippen LogP contribution in [-0.4, -0.2) is 20.4 Å². The van der Waals surface area contributed by atoms with Gasteiger partial charge >= 0.3 is 0 Å². The molecular formula is C10H12N4S. The number of aromatic nitrogens is 3. The highest BCUT2D eigenvalue weighted by Crippen LogP contribution is 2.39. The predicted molar refractivity (Wildman–Crippen MR) is 61.8 cm³/mol. The van der Waals surface area contributed by atoms with E-state index >= 15 is 0 Å². The van der Waals surface area contributed by atoms with E-state index in [2.05, 4.69) is 10.2 Å². The van der Waals surface area contributed by atoms with Gasteiger partial charge in [0, 0.05) is 0 Å². The van der Waals surface area contributed by atoms with Crippen LogP contribution >= 0.6 is 11.8 Å². The van der Waals surface area contributed by atoms with Crippen LogP contribution in [0.4, 0.5) is 5.82 Å². The molecule has 3 rings (SSSR count). The zero-order chi connectivity index (χ0) is 10.3. The van der Waals surface area contributed by atoms with Gasteiger partial charge in [0.15, 0.2) is 11.5 Å². The van der Waals surface area contributed by atoms with E-state index in [-0.39, 0.29) is 0 Å². The Morgan fingerprint density at radius 3 is 3.13 bits per heavy atom. The van der Waals surface area contributed by atoms with E-state index in [1.165, 1.54) is 18.6 Å². The number of fused-ring (bicyclic) bond motifs is 1. The molecule has 0 aromatic carbocycles. The highest BCUT2D eigenvalue weighted by atomic mass is 32.2. The molecule has 1 unspecified atom stereocenters. The van der Waals surface area contributed by atoms with Crippen LogP contribution in [-0.2, 0) is 0 Å². The monoisotopic (exact) mass is 220 g/mol. The van der Waals surface area contributed by atoms with E-state index in [0.717, 1.165) is 17.3 Å². The summed E-state index contributed by atoms with van der Waals surface area (Å²) in [5, 5.41) is 8.86. The van der Waals surface area contributed by atoms with Crippen molar-refractivity contribution in [1.82, 2.24) is 14.6 Å². The van der Waals surface area contributed by atoms with Gasteiger partial charge in [0.2, 0.25) is 0 Å². The zero-order valence-electron chi connectivity index (χ0n) is 8.26. The number of hydrogen-bond donors (Lipinski definition) is 1. The minimum absolute atomic E-state index is 0.463. The highest BCUT2D eigenvalue weighted by molar-refractivity contribution is 7.99. The Morgan fingerprint density at radius 1 is 1.40 bits per heavy atom. The molecule has 78 valence electrons. The summed E-state index contributed by atoms with van der Waals surface area (Å²) >= 11 is 1.94. The topological polar surface area (TPSA) is 56.2 Å². The molecule has 3 heterocycles. The molecule has 1 atom stereocenters. The summed E-state index contributed by atoms with van der Waals surface area (Å²) in [6.07, 6.45) is 2.44. The lowest BCUT2D eigenvalue weighted by Gasteiger charge is -2.07. The lowest BCUT2D eigenvalue weighted by atomic mass is 10.2. The van der Waals surface area contributed by atoms with Gasteiger partial charge in [-0.05, 0) is 30.7 Å². The predicted octanol–water partition coefficient (Wildman–Crippen LogP) is 1.88. The van der Waals surface area contributed by atoms with Crippen molar-refractivity contribution in [3.05, 3.63) is 24.0 Å². The van der Waals surface area contributed by atoms with Crippen molar-refractivity contribution < 1.29 is 0 Å². The lowest BCUT2D eigenvalue weighted by molar-refractivity contribution is 0.768. The molecule has 0 bridgehead atoms. The van der Waals surface area contributed by atoms with Gasteiger partial charge in [0.05, 0.1) is 5.25 Å². The Bertz CT molecular complexity index is 487. The van der Waals surface area contributed by atoms with E-state index in [4.69, 9.17) is 5.73 Å². The molecule has 5 heteroatoms. The van der Waals surface area contributed by atoms with Gasteiger partial charge in [-0.1, -0.05) is 6.07 Å². The normalized spacial score (nSPS) is 21.2. The van der Waals surface area contributed by atoms with Crippen LogP contribution in [0.5, 0.6) is 0 Å². The summed E-state index contributed by atoms with van der Waals surface area (Å²) in [7, 11) is 0. The van der Waals surface area contributed by atoms with Crippen molar-refractivity contribution in [3.63, 3.8) is 0 Å². The summed E-state index contributed by atoms with van der Waals surface area (Å²) in [6, 6.07) is 5.73. The number of nitrogens with two attached hydrogens (primary N) is 1. The van der Waals surface area contributed by atoms with Gasteiger partial charge < -0.3 is 5.73 Å². The zero-order valence-corrected chi connectivity index (χ0v) is 9.07. The molecule has 0 radical (unpaired) electrons. The molecule has 4 nitrogen and oxygen atoms in total. The molecule has 0 spiro atoms. The smallest absolute Gasteiger partial charge is 0.162 e. The van der Waals surface area contributed by atoms with Crippen LogP contribution in [0.1, 0.15) is 23.9 Å². The first-order valence-electron chi connectivity index (χ1n) is 5.07. The maximum atomic E-state index is 5.94. The molecule has 1 aliphatic heterocycles. The van der Waals surface area contributed by atoms with Crippen molar-refractivity contribution in [2.45, 2.75) is 18.1 Å². The van der Waals surface area contributed by atoms with Crippen molar-refractivity contribution in [3.8, 4) is 0 Å².